The van der Waals surface area contributed by atoms with E-state index >= 15 is 0 Å². The molecule has 8 nitrogen and oxygen atoms in total. The molecular weight excluding hydrogens is 574 g/mol. The highest BCUT2D eigenvalue weighted by atomic mass is 35.5. The number of nitrogens with zero attached hydrogens (tertiary/aromatic N) is 3. The molecule has 0 fully saturated rings. The molecule has 42 heavy (non-hydrogen) atoms. The van der Waals surface area contributed by atoms with Gasteiger partial charge >= 0.3 is 5.97 Å². The first kappa shape index (κ1) is 29.1. The second-order valence-electron chi connectivity index (χ2n) is 9.45. The van der Waals surface area contributed by atoms with Gasteiger partial charge in [0.05, 0.1) is 29.5 Å². The number of nitriles is 1. The van der Waals surface area contributed by atoms with Crippen LogP contribution in [0.5, 0.6) is 11.5 Å². The van der Waals surface area contributed by atoms with Gasteiger partial charge in [-0.05, 0) is 54.5 Å². The third-order valence-corrected chi connectivity index (χ3v) is 8.09. The molecule has 0 N–H and O–H groups in total. The van der Waals surface area contributed by atoms with Crippen LogP contribution >= 0.6 is 22.9 Å². The highest BCUT2D eigenvalue weighted by Crippen LogP contribution is 2.38. The Labute approximate surface area is 251 Å². The summed E-state index contributed by atoms with van der Waals surface area (Å²) in [7, 11) is 1.53. The van der Waals surface area contributed by atoms with Gasteiger partial charge < -0.3 is 14.2 Å². The fourth-order valence-electron chi connectivity index (χ4n) is 5.13. The first-order valence-corrected chi connectivity index (χ1v) is 14.7. The molecule has 0 saturated heterocycles. The van der Waals surface area contributed by atoms with E-state index in [1.807, 2.05) is 43.3 Å². The van der Waals surface area contributed by atoms with Crippen molar-refractivity contribution < 1.29 is 19.0 Å². The minimum atomic E-state index is -0.875. The van der Waals surface area contributed by atoms with Gasteiger partial charge in [-0.25, -0.2) is 9.79 Å². The fraction of sp³-hybridized carbons (Fsp3) is 0.250. The molecule has 1 aliphatic heterocycles. The average molecular weight is 602 g/mol. The number of carbonyl (C=O) groups excluding carboxylic acids is 1. The molecule has 0 aliphatic carbocycles. The molecule has 3 aromatic carbocycles. The van der Waals surface area contributed by atoms with Gasteiger partial charge in [-0.2, -0.15) is 5.26 Å². The fourth-order valence-corrected chi connectivity index (χ4v) is 6.31. The zero-order chi connectivity index (χ0) is 29.8. The van der Waals surface area contributed by atoms with E-state index in [0.717, 1.165) is 17.2 Å². The van der Waals surface area contributed by atoms with Crippen molar-refractivity contribution in [1.82, 2.24) is 4.57 Å². The quantitative estimate of drug-likeness (QED) is 0.241. The lowest BCUT2D eigenvalue weighted by molar-refractivity contribution is -0.139. The maximum Gasteiger partial charge on any atom is 0.338 e. The predicted molar refractivity (Wildman–Crippen MR) is 163 cm³/mol. The predicted octanol–water partition coefficient (Wildman–Crippen LogP) is 5.30. The van der Waals surface area contributed by atoms with Crippen LogP contribution in [0.25, 0.3) is 16.8 Å². The van der Waals surface area contributed by atoms with E-state index in [1.54, 1.807) is 37.3 Å². The molecule has 0 amide bonds. The van der Waals surface area contributed by atoms with Gasteiger partial charge in [0.1, 0.15) is 23.6 Å². The monoisotopic (exact) mass is 601 g/mol. The van der Waals surface area contributed by atoms with E-state index in [9.17, 15) is 9.59 Å². The van der Waals surface area contributed by atoms with E-state index in [0.29, 0.717) is 49.1 Å². The van der Waals surface area contributed by atoms with Crippen molar-refractivity contribution in [2.75, 3.05) is 20.3 Å². The van der Waals surface area contributed by atoms with E-state index in [4.69, 9.17) is 36.1 Å². The second-order valence-corrected chi connectivity index (χ2v) is 10.9. The summed E-state index contributed by atoms with van der Waals surface area (Å²) >= 11 is 7.65. The van der Waals surface area contributed by atoms with Crippen LogP contribution in [0.2, 0.25) is 5.02 Å². The molecular formula is C32H28ClN3O5S. The minimum Gasteiger partial charge on any atom is -0.496 e. The number of hydrogen-bond acceptors (Lipinski definition) is 8. The van der Waals surface area contributed by atoms with Crippen LogP contribution in [-0.2, 0) is 9.53 Å². The first-order valence-electron chi connectivity index (χ1n) is 13.5. The highest BCUT2D eigenvalue weighted by Gasteiger charge is 2.36. The first-order chi connectivity index (χ1) is 20.4. The number of benzene rings is 3. The molecule has 1 aromatic heterocycles. The van der Waals surface area contributed by atoms with Gasteiger partial charge in [0.15, 0.2) is 11.4 Å². The molecule has 5 rings (SSSR count). The number of thiazole rings is 1. The number of fused-ring (bicyclic) bond motifs is 2. The standard InChI is InChI=1S/C32H28ClN3O5S/c1-4-8-24-28(31(38)40-5-2)29(23-17-20(33)12-14-25(23)39-3)36-30(37)27(42-32(36)35-24)18-22-21-10-7-6-9-19(21)11-13-26(22)41-16-15-34/h6-7,9-14,17-18,29H,4-5,8,16H2,1-3H3/b27-18+/t29-/m0/s1. The van der Waals surface area contributed by atoms with Crippen LogP contribution in [-0.4, -0.2) is 30.9 Å². The summed E-state index contributed by atoms with van der Waals surface area (Å²) < 4.78 is 18.8. The maximum absolute atomic E-state index is 14.3. The summed E-state index contributed by atoms with van der Waals surface area (Å²) in [5.41, 5.74) is 1.71. The Balaban J connectivity index is 1.84. The largest absolute Gasteiger partial charge is 0.496 e. The molecule has 0 radical (unpaired) electrons. The number of carbonyl (C=O) groups is 1. The Morgan fingerprint density at radius 2 is 1.95 bits per heavy atom. The van der Waals surface area contributed by atoms with Gasteiger partial charge in [-0.15, -0.1) is 0 Å². The summed E-state index contributed by atoms with van der Waals surface area (Å²) in [5.74, 6) is 0.403. The SMILES string of the molecule is CCCC1=C(C(=O)OCC)[C@H](c2cc(Cl)ccc2OC)n2c(s/c(=C/c3c(OCC#N)ccc4ccccc34)c2=O)=N1. The molecule has 0 saturated carbocycles. The number of halogens is 1. The number of methoxy groups -OCH3 is 1. The van der Waals surface area contributed by atoms with E-state index in [2.05, 4.69) is 0 Å². The Kier molecular flexibility index (Phi) is 8.76. The Hall–Kier alpha value is -4.39. The van der Waals surface area contributed by atoms with Gasteiger partial charge in [0.25, 0.3) is 5.56 Å². The van der Waals surface area contributed by atoms with Gasteiger partial charge in [0.2, 0.25) is 0 Å². The van der Waals surface area contributed by atoms with Crippen molar-refractivity contribution >= 4 is 45.8 Å². The van der Waals surface area contributed by atoms with Crippen LogP contribution in [0.15, 0.2) is 75.7 Å². The van der Waals surface area contributed by atoms with Crippen molar-refractivity contribution in [3.8, 4) is 17.6 Å². The summed E-state index contributed by atoms with van der Waals surface area (Å²) in [5, 5.41) is 11.4. The number of allylic oxidation sites excluding steroid dienone is 1. The molecule has 1 aliphatic rings. The Morgan fingerprint density at radius 1 is 1.17 bits per heavy atom. The summed E-state index contributed by atoms with van der Waals surface area (Å²) in [4.78, 5) is 33.0. The summed E-state index contributed by atoms with van der Waals surface area (Å²) in [6, 6.07) is 17.7. The Bertz CT molecular complexity index is 1940. The smallest absolute Gasteiger partial charge is 0.338 e. The topological polar surface area (TPSA) is 103 Å². The molecule has 0 unspecified atom stereocenters. The number of esters is 1. The van der Waals surface area contributed by atoms with Gasteiger partial charge in [-0.3, -0.25) is 9.36 Å². The van der Waals surface area contributed by atoms with Crippen LogP contribution in [0.4, 0.5) is 0 Å². The van der Waals surface area contributed by atoms with Crippen molar-refractivity contribution in [3.63, 3.8) is 0 Å². The molecule has 2 heterocycles. The van der Waals surface area contributed by atoms with E-state index in [1.165, 1.54) is 23.0 Å². The van der Waals surface area contributed by atoms with E-state index < -0.39 is 12.0 Å². The summed E-state index contributed by atoms with van der Waals surface area (Å²) in [6.45, 7) is 3.76. The summed E-state index contributed by atoms with van der Waals surface area (Å²) in [6.07, 6.45) is 3.00. The maximum atomic E-state index is 14.3. The third-order valence-electron chi connectivity index (χ3n) is 6.88. The lowest BCUT2D eigenvalue weighted by atomic mass is 9.93. The Morgan fingerprint density at radius 3 is 2.69 bits per heavy atom. The van der Waals surface area contributed by atoms with Gasteiger partial charge in [0, 0.05) is 16.1 Å². The zero-order valence-electron chi connectivity index (χ0n) is 23.3. The normalized spacial score (nSPS) is 14.7. The third kappa shape index (κ3) is 5.43. The van der Waals surface area contributed by atoms with Crippen molar-refractivity contribution in [2.45, 2.75) is 32.7 Å². The van der Waals surface area contributed by atoms with Crippen LogP contribution in [0.3, 0.4) is 0 Å². The second kappa shape index (κ2) is 12.6. The molecule has 4 aromatic rings. The number of hydrogen-bond donors (Lipinski definition) is 0. The van der Waals surface area contributed by atoms with Crippen molar-refractivity contribution in [2.24, 2.45) is 4.99 Å². The zero-order valence-corrected chi connectivity index (χ0v) is 24.9. The highest BCUT2D eigenvalue weighted by molar-refractivity contribution is 7.07. The molecule has 0 spiro atoms. The minimum absolute atomic E-state index is 0.141. The molecule has 1 atom stereocenters. The van der Waals surface area contributed by atoms with E-state index in [-0.39, 0.29) is 24.3 Å². The number of aromatic nitrogens is 1. The lowest BCUT2D eigenvalue weighted by Gasteiger charge is -2.27. The molecule has 10 heteroatoms. The molecule has 214 valence electrons. The van der Waals surface area contributed by atoms with Crippen LogP contribution in [0.1, 0.15) is 43.9 Å². The van der Waals surface area contributed by atoms with Crippen molar-refractivity contribution in [1.29, 1.82) is 5.26 Å². The number of ether oxygens (including phenoxy) is 3. The average Bonchev–Trinajstić information content (AvgIpc) is 3.30. The molecule has 0 bridgehead atoms. The lowest BCUT2D eigenvalue weighted by Crippen LogP contribution is -2.40. The van der Waals surface area contributed by atoms with Crippen LogP contribution in [0, 0.1) is 11.3 Å². The van der Waals surface area contributed by atoms with Crippen LogP contribution < -0.4 is 24.4 Å². The number of rotatable bonds is 9. The van der Waals surface area contributed by atoms with Gasteiger partial charge in [-0.1, -0.05) is 66.6 Å². The van der Waals surface area contributed by atoms with Crippen molar-refractivity contribution in [3.05, 3.63) is 102 Å².